The molecule has 6 nitrogen and oxygen atoms in total. The highest BCUT2D eigenvalue weighted by molar-refractivity contribution is 7.13. The summed E-state index contributed by atoms with van der Waals surface area (Å²) in [4.78, 5) is 29.4. The van der Waals surface area contributed by atoms with Gasteiger partial charge in [-0.1, -0.05) is 12.1 Å². The number of rotatable bonds is 4. The summed E-state index contributed by atoms with van der Waals surface area (Å²) in [6, 6.07) is 9.79. The molecule has 1 amide bonds. The van der Waals surface area contributed by atoms with Crippen molar-refractivity contribution in [1.82, 2.24) is 25.3 Å². The Bertz CT molecular complexity index is 1020. The van der Waals surface area contributed by atoms with Gasteiger partial charge in [0.25, 0.3) is 5.91 Å². The van der Waals surface area contributed by atoms with Gasteiger partial charge >= 0.3 is 0 Å². The van der Waals surface area contributed by atoms with Gasteiger partial charge in [-0.3, -0.25) is 4.79 Å². The Morgan fingerprint density at radius 3 is 2.84 bits per heavy atom. The average Bonchev–Trinajstić information content (AvgIpc) is 3.28. The summed E-state index contributed by atoms with van der Waals surface area (Å²) < 4.78 is 0. The average molecular weight is 349 g/mol. The number of carbonyl (C=O) groups excluding carboxylic acids is 1. The van der Waals surface area contributed by atoms with Gasteiger partial charge in [0, 0.05) is 18.9 Å². The number of aromatic amines is 1. The smallest absolute Gasteiger partial charge is 0.254 e. The predicted octanol–water partition coefficient (Wildman–Crippen LogP) is 3.32. The molecule has 0 spiro atoms. The Labute approximate surface area is 148 Å². The van der Waals surface area contributed by atoms with Crippen molar-refractivity contribution >= 4 is 28.3 Å². The van der Waals surface area contributed by atoms with Crippen LogP contribution in [0.2, 0.25) is 0 Å². The van der Waals surface area contributed by atoms with Gasteiger partial charge in [0.05, 0.1) is 21.5 Å². The Balaban J connectivity index is 1.44. The number of H-pyrrole nitrogens is 1. The molecule has 0 fully saturated rings. The zero-order chi connectivity index (χ0) is 17.2. The summed E-state index contributed by atoms with van der Waals surface area (Å²) >= 11 is 1.57. The van der Waals surface area contributed by atoms with Gasteiger partial charge in [0.2, 0.25) is 0 Å². The number of hydrogen-bond donors (Lipinski definition) is 2. The molecule has 0 aliphatic heterocycles. The van der Waals surface area contributed by atoms with Crippen molar-refractivity contribution in [3.05, 3.63) is 65.1 Å². The van der Waals surface area contributed by atoms with Crippen LogP contribution in [0.5, 0.6) is 0 Å². The molecule has 7 heteroatoms. The third kappa shape index (κ3) is 3.27. The minimum absolute atomic E-state index is 0.196. The van der Waals surface area contributed by atoms with E-state index >= 15 is 0 Å². The molecule has 3 heterocycles. The minimum atomic E-state index is -0.196. The Kier molecular flexibility index (Phi) is 3.99. The topological polar surface area (TPSA) is 83.6 Å². The first-order valence-corrected chi connectivity index (χ1v) is 8.66. The number of benzene rings is 1. The maximum atomic E-state index is 12.3. The van der Waals surface area contributed by atoms with Crippen molar-refractivity contribution in [2.75, 3.05) is 0 Å². The molecule has 0 bridgehead atoms. The first-order valence-electron chi connectivity index (χ1n) is 7.78. The van der Waals surface area contributed by atoms with E-state index in [4.69, 9.17) is 0 Å². The van der Waals surface area contributed by atoms with Crippen LogP contribution < -0.4 is 5.32 Å². The zero-order valence-corrected chi connectivity index (χ0v) is 14.3. The molecular weight excluding hydrogens is 334 g/mol. The molecule has 4 rings (SSSR count). The molecular formula is C18H15N5OS. The summed E-state index contributed by atoms with van der Waals surface area (Å²) in [5.41, 5.74) is 3.33. The van der Waals surface area contributed by atoms with E-state index in [1.807, 2.05) is 42.6 Å². The fourth-order valence-corrected chi connectivity index (χ4v) is 3.23. The molecule has 3 aromatic heterocycles. The second kappa shape index (κ2) is 6.45. The molecule has 0 saturated carbocycles. The maximum Gasteiger partial charge on any atom is 0.254 e. The monoisotopic (exact) mass is 349 g/mol. The van der Waals surface area contributed by atoms with Crippen molar-refractivity contribution in [2.45, 2.75) is 13.5 Å². The lowest BCUT2D eigenvalue weighted by Gasteiger charge is -2.05. The van der Waals surface area contributed by atoms with Gasteiger partial charge in [-0.15, -0.1) is 11.3 Å². The van der Waals surface area contributed by atoms with E-state index in [2.05, 4.69) is 25.3 Å². The number of hydrogen-bond acceptors (Lipinski definition) is 5. The second-order valence-electron chi connectivity index (χ2n) is 5.63. The standard InChI is InChI=1S/C18H15N5OS/c1-11-22-14-5-4-12(7-15(14)23-11)8-21-18(24)13-9-19-17(20-10-13)16-3-2-6-25-16/h2-7,9-10H,8H2,1H3,(H,21,24)(H,22,23). The second-order valence-corrected chi connectivity index (χ2v) is 6.58. The normalized spacial score (nSPS) is 10.9. The first-order chi connectivity index (χ1) is 12.2. The van der Waals surface area contributed by atoms with Crippen LogP contribution in [-0.2, 0) is 6.54 Å². The highest BCUT2D eigenvalue weighted by Gasteiger charge is 2.09. The van der Waals surface area contributed by atoms with E-state index in [1.165, 1.54) is 0 Å². The van der Waals surface area contributed by atoms with Crippen LogP contribution in [0.4, 0.5) is 0 Å². The molecule has 124 valence electrons. The van der Waals surface area contributed by atoms with E-state index in [0.29, 0.717) is 17.9 Å². The molecule has 0 saturated heterocycles. The predicted molar refractivity (Wildman–Crippen MR) is 97.3 cm³/mol. The fourth-order valence-electron chi connectivity index (χ4n) is 2.56. The number of fused-ring (bicyclic) bond motifs is 1. The van der Waals surface area contributed by atoms with Gasteiger partial charge in [-0.2, -0.15) is 0 Å². The van der Waals surface area contributed by atoms with E-state index in [1.54, 1.807) is 23.7 Å². The van der Waals surface area contributed by atoms with Crippen LogP contribution >= 0.6 is 11.3 Å². The Morgan fingerprint density at radius 2 is 2.08 bits per heavy atom. The molecule has 2 N–H and O–H groups in total. The Morgan fingerprint density at radius 1 is 1.24 bits per heavy atom. The van der Waals surface area contributed by atoms with E-state index in [0.717, 1.165) is 27.3 Å². The molecule has 0 radical (unpaired) electrons. The zero-order valence-electron chi connectivity index (χ0n) is 13.5. The highest BCUT2D eigenvalue weighted by Crippen LogP contribution is 2.20. The quantitative estimate of drug-likeness (QED) is 0.592. The van der Waals surface area contributed by atoms with Crippen LogP contribution in [0.15, 0.2) is 48.1 Å². The van der Waals surface area contributed by atoms with Gasteiger partial charge in [-0.05, 0) is 36.1 Å². The number of nitrogens with zero attached hydrogens (tertiary/aromatic N) is 3. The van der Waals surface area contributed by atoms with Crippen LogP contribution in [-0.4, -0.2) is 25.8 Å². The number of nitrogens with one attached hydrogen (secondary N) is 2. The van der Waals surface area contributed by atoms with Crippen molar-refractivity contribution in [3.8, 4) is 10.7 Å². The number of aryl methyl sites for hydroxylation is 1. The summed E-state index contributed by atoms with van der Waals surface area (Å²) in [5, 5.41) is 4.86. The molecule has 0 unspecified atom stereocenters. The van der Waals surface area contributed by atoms with Crippen LogP contribution in [0.3, 0.4) is 0 Å². The number of carbonyl (C=O) groups is 1. The Hall–Kier alpha value is -3.06. The van der Waals surface area contributed by atoms with Crippen LogP contribution in [0.1, 0.15) is 21.7 Å². The molecule has 25 heavy (non-hydrogen) atoms. The van der Waals surface area contributed by atoms with Crippen LogP contribution in [0.25, 0.3) is 21.7 Å². The molecule has 1 aromatic carbocycles. The fraction of sp³-hybridized carbons (Fsp3) is 0.111. The number of aromatic nitrogens is 4. The number of imidazole rings is 1. The summed E-state index contributed by atoms with van der Waals surface area (Å²) in [5.74, 6) is 1.31. The molecule has 0 aliphatic carbocycles. The summed E-state index contributed by atoms with van der Waals surface area (Å²) in [7, 11) is 0. The molecule has 0 aliphatic rings. The lowest BCUT2D eigenvalue weighted by atomic mass is 10.2. The van der Waals surface area contributed by atoms with Crippen molar-refractivity contribution in [3.63, 3.8) is 0 Å². The maximum absolute atomic E-state index is 12.3. The van der Waals surface area contributed by atoms with Gasteiger partial charge < -0.3 is 10.3 Å². The third-order valence-electron chi connectivity index (χ3n) is 3.77. The van der Waals surface area contributed by atoms with Crippen molar-refractivity contribution in [1.29, 1.82) is 0 Å². The van der Waals surface area contributed by atoms with Gasteiger partial charge in [0.15, 0.2) is 5.82 Å². The lowest BCUT2D eigenvalue weighted by Crippen LogP contribution is -2.23. The molecule has 4 aromatic rings. The SMILES string of the molecule is Cc1nc2ccc(CNC(=O)c3cnc(-c4cccs4)nc3)cc2[nH]1. The van der Waals surface area contributed by atoms with Crippen LogP contribution in [0, 0.1) is 6.92 Å². The summed E-state index contributed by atoms with van der Waals surface area (Å²) in [6.45, 7) is 2.35. The first kappa shape index (κ1) is 15.5. The van der Waals surface area contributed by atoms with Crippen molar-refractivity contribution in [2.24, 2.45) is 0 Å². The molecule has 0 atom stereocenters. The number of amides is 1. The summed E-state index contributed by atoms with van der Waals surface area (Å²) in [6.07, 6.45) is 3.11. The van der Waals surface area contributed by atoms with E-state index in [-0.39, 0.29) is 5.91 Å². The number of thiophene rings is 1. The van der Waals surface area contributed by atoms with Crippen molar-refractivity contribution < 1.29 is 4.79 Å². The van der Waals surface area contributed by atoms with E-state index < -0.39 is 0 Å². The largest absolute Gasteiger partial charge is 0.348 e. The van der Waals surface area contributed by atoms with Gasteiger partial charge in [-0.25, -0.2) is 15.0 Å². The highest BCUT2D eigenvalue weighted by atomic mass is 32.1. The third-order valence-corrected chi connectivity index (χ3v) is 4.64. The lowest BCUT2D eigenvalue weighted by molar-refractivity contribution is 0.0950. The van der Waals surface area contributed by atoms with E-state index in [9.17, 15) is 4.79 Å². The van der Waals surface area contributed by atoms with Gasteiger partial charge in [0.1, 0.15) is 5.82 Å². The minimum Gasteiger partial charge on any atom is -0.348 e.